The average molecular weight is 303 g/mol. The smallest absolute Gasteiger partial charge is 0.302 e. The van der Waals surface area contributed by atoms with Crippen LogP contribution in [0.25, 0.3) is 0 Å². The van der Waals surface area contributed by atoms with Crippen molar-refractivity contribution in [1.29, 1.82) is 0 Å². The van der Waals surface area contributed by atoms with Crippen molar-refractivity contribution in [2.75, 3.05) is 17.8 Å². The number of aromatic nitrogens is 2. The van der Waals surface area contributed by atoms with Crippen LogP contribution in [0.1, 0.15) is 24.8 Å². The Bertz CT molecular complexity index is 575. The Hall–Kier alpha value is -1.19. The fraction of sp³-hybridized carbons (Fsp3) is 0.600. The van der Waals surface area contributed by atoms with Gasteiger partial charge in [0.05, 0.1) is 11.8 Å². The molecule has 1 aromatic rings. The van der Waals surface area contributed by atoms with Crippen LogP contribution in [0.3, 0.4) is 0 Å². The molecule has 1 aliphatic rings. The number of piperidine rings is 1. The van der Waals surface area contributed by atoms with Crippen LogP contribution in [0.5, 0.6) is 0 Å². The first-order chi connectivity index (χ1) is 8.92. The fourth-order valence-electron chi connectivity index (χ4n) is 2.03. The number of nitrogens with zero attached hydrogens (tertiary/aromatic N) is 3. The van der Waals surface area contributed by atoms with E-state index in [-0.39, 0.29) is 4.99 Å². The molecule has 1 aromatic heterocycles. The lowest BCUT2D eigenvalue weighted by Gasteiger charge is -2.26. The molecule has 0 aliphatic carbocycles. The summed E-state index contributed by atoms with van der Waals surface area (Å²) in [6, 6.07) is 0. The van der Waals surface area contributed by atoms with Gasteiger partial charge in [-0.2, -0.15) is 17.8 Å². The van der Waals surface area contributed by atoms with Crippen molar-refractivity contribution in [2.24, 2.45) is 12.8 Å². The summed E-state index contributed by atoms with van der Waals surface area (Å²) in [5.74, 6) is 0.304. The molecule has 0 radical (unpaired) electrons. The van der Waals surface area contributed by atoms with Gasteiger partial charge in [-0.25, -0.2) is 0 Å². The summed E-state index contributed by atoms with van der Waals surface area (Å²) in [7, 11) is -1.94. The number of hydrogen-bond acceptors (Lipinski definition) is 4. The number of anilines is 1. The van der Waals surface area contributed by atoms with E-state index in [2.05, 4.69) is 9.82 Å². The van der Waals surface area contributed by atoms with E-state index in [0.29, 0.717) is 24.5 Å². The van der Waals surface area contributed by atoms with Gasteiger partial charge in [-0.1, -0.05) is 18.6 Å². The average Bonchev–Trinajstić information content (AvgIpc) is 2.72. The molecule has 7 nitrogen and oxygen atoms in total. The maximum absolute atomic E-state index is 12.3. The maximum atomic E-state index is 12.3. The number of thiocarbonyl (C=S) groups is 1. The van der Waals surface area contributed by atoms with Gasteiger partial charge in [0.1, 0.15) is 10.8 Å². The highest BCUT2D eigenvalue weighted by Crippen LogP contribution is 2.19. The second kappa shape index (κ2) is 5.43. The molecule has 2 heterocycles. The van der Waals surface area contributed by atoms with E-state index in [1.165, 1.54) is 15.2 Å². The summed E-state index contributed by atoms with van der Waals surface area (Å²) in [4.78, 5) is 0.115. The molecule has 2 rings (SSSR count). The topological polar surface area (TPSA) is 93.2 Å². The molecule has 0 unspecified atom stereocenters. The number of nitrogens with one attached hydrogen (secondary N) is 1. The Labute approximate surface area is 117 Å². The highest BCUT2D eigenvalue weighted by atomic mass is 32.2. The zero-order valence-corrected chi connectivity index (χ0v) is 12.3. The molecule has 0 saturated carbocycles. The van der Waals surface area contributed by atoms with Gasteiger partial charge in [0.2, 0.25) is 0 Å². The van der Waals surface area contributed by atoms with Gasteiger partial charge in [0, 0.05) is 20.1 Å². The first kappa shape index (κ1) is 14.2. The SMILES string of the molecule is Cn1ncc(C(N)=S)c1NS(=O)(=O)N1CCCCC1. The number of hydrogen-bond donors (Lipinski definition) is 2. The summed E-state index contributed by atoms with van der Waals surface area (Å²) in [6.07, 6.45) is 4.29. The minimum atomic E-state index is -3.58. The van der Waals surface area contributed by atoms with Gasteiger partial charge < -0.3 is 5.73 Å². The summed E-state index contributed by atoms with van der Waals surface area (Å²) < 4.78 is 29.9. The van der Waals surface area contributed by atoms with Crippen LogP contribution in [0, 0.1) is 0 Å². The highest BCUT2D eigenvalue weighted by molar-refractivity contribution is 7.90. The summed E-state index contributed by atoms with van der Waals surface area (Å²) in [5.41, 5.74) is 5.98. The monoisotopic (exact) mass is 303 g/mol. The third-order valence-electron chi connectivity index (χ3n) is 3.08. The Morgan fingerprint density at radius 3 is 2.63 bits per heavy atom. The summed E-state index contributed by atoms with van der Waals surface area (Å²) in [5, 5.41) is 3.97. The van der Waals surface area contributed by atoms with Crippen LogP contribution in [0.15, 0.2) is 6.20 Å². The van der Waals surface area contributed by atoms with Crippen LogP contribution < -0.4 is 10.5 Å². The quantitative estimate of drug-likeness (QED) is 0.775. The molecular weight excluding hydrogens is 286 g/mol. The van der Waals surface area contributed by atoms with Crippen LogP contribution in [-0.4, -0.2) is 40.6 Å². The van der Waals surface area contributed by atoms with Crippen molar-refractivity contribution in [2.45, 2.75) is 19.3 Å². The van der Waals surface area contributed by atoms with Crippen LogP contribution in [0.2, 0.25) is 0 Å². The van der Waals surface area contributed by atoms with Crippen molar-refractivity contribution >= 4 is 33.2 Å². The molecule has 19 heavy (non-hydrogen) atoms. The van der Waals surface area contributed by atoms with E-state index < -0.39 is 10.2 Å². The van der Waals surface area contributed by atoms with Gasteiger partial charge in [-0.15, -0.1) is 0 Å². The van der Waals surface area contributed by atoms with Crippen molar-refractivity contribution < 1.29 is 8.42 Å². The minimum absolute atomic E-state index is 0.115. The lowest BCUT2D eigenvalue weighted by Crippen LogP contribution is -2.40. The van der Waals surface area contributed by atoms with Gasteiger partial charge in [0.15, 0.2) is 0 Å². The van der Waals surface area contributed by atoms with Crippen LogP contribution in [0.4, 0.5) is 5.82 Å². The van der Waals surface area contributed by atoms with Gasteiger partial charge in [0.25, 0.3) is 0 Å². The van der Waals surface area contributed by atoms with E-state index in [1.807, 2.05) is 0 Å². The fourth-order valence-corrected chi connectivity index (χ4v) is 3.53. The predicted octanol–water partition coefficient (Wildman–Crippen LogP) is 0.197. The zero-order chi connectivity index (χ0) is 14.0. The molecule has 1 fully saturated rings. The zero-order valence-electron chi connectivity index (χ0n) is 10.7. The second-order valence-corrected chi connectivity index (χ2v) is 6.57. The highest BCUT2D eigenvalue weighted by Gasteiger charge is 2.26. The third kappa shape index (κ3) is 3.04. The molecule has 106 valence electrons. The number of nitrogens with two attached hydrogens (primary N) is 1. The van der Waals surface area contributed by atoms with Crippen molar-refractivity contribution in [3.63, 3.8) is 0 Å². The van der Waals surface area contributed by atoms with Gasteiger partial charge in [-0.05, 0) is 12.8 Å². The van der Waals surface area contributed by atoms with E-state index in [9.17, 15) is 8.42 Å². The van der Waals surface area contributed by atoms with Crippen molar-refractivity contribution in [1.82, 2.24) is 14.1 Å². The molecule has 9 heteroatoms. The third-order valence-corrected chi connectivity index (χ3v) is 4.80. The minimum Gasteiger partial charge on any atom is -0.389 e. The molecule has 1 aliphatic heterocycles. The Morgan fingerprint density at radius 1 is 1.42 bits per heavy atom. The van der Waals surface area contributed by atoms with Crippen LogP contribution >= 0.6 is 12.2 Å². The molecule has 0 amide bonds. The Balaban J connectivity index is 2.24. The van der Waals surface area contributed by atoms with Crippen LogP contribution in [-0.2, 0) is 17.3 Å². The standard InChI is InChI=1S/C10H17N5O2S2/c1-14-10(8(7-12-14)9(11)18)13-19(16,17)15-5-3-2-4-6-15/h7,13H,2-6H2,1H3,(H2,11,18). The molecule has 0 atom stereocenters. The first-order valence-corrected chi connectivity index (χ1v) is 7.86. The molecule has 0 bridgehead atoms. The number of rotatable bonds is 4. The van der Waals surface area contributed by atoms with E-state index in [0.717, 1.165) is 19.3 Å². The summed E-state index contributed by atoms with van der Waals surface area (Å²) >= 11 is 4.88. The molecule has 0 aromatic carbocycles. The van der Waals surface area contributed by atoms with E-state index in [1.54, 1.807) is 7.05 Å². The van der Waals surface area contributed by atoms with Crippen molar-refractivity contribution in [3.05, 3.63) is 11.8 Å². The lowest BCUT2D eigenvalue weighted by atomic mass is 10.2. The van der Waals surface area contributed by atoms with E-state index >= 15 is 0 Å². The summed E-state index contributed by atoms with van der Waals surface area (Å²) in [6.45, 7) is 1.07. The van der Waals surface area contributed by atoms with Gasteiger partial charge in [-0.3, -0.25) is 9.40 Å². The Morgan fingerprint density at radius 2 is 2.05 bits per heavy atom. The van der Waals surface area contributed by atoms with E-state index in [4.69, 9.17) is 18.0 Å². The molecule has 1 saturated heterocycles. The maximum Gasteiger partial charge on any atom is 0.302 e. The normalized spacial score (nSPS) is 17.3. The first-order valence-electron chi connectivity index (χ1n) is 6.01. The lowest BCUT2D eigenvalue weighted by molar-refractivity contribution is 0.349. The second-order valence-electron chi connectivity index (χ2n) is 4.46. The Kier molecular flexibility index (Phi) is 4.07. The molecule has 0 spiro atoms. The molecule has 3 N–H and O–H groups in total. The molecular formula is C10H17N5O2S2. The van der Waals surface area contributed by atoms with Gasteiger partial charge >= 0.3 is 10.2 Å². The largest absolute Gasteiger partial charge is 0.389 e. The van der Waals surface area contributed by atoms with Crippen molar-refractivity contribution in [3.8, 4) is 0 Å². The number of aryl methyl sites for hydroxylation is 1. The predicted molar refractivity (Wildman–Crippen MR) is 77.1 cm³/mol.